The largest absolute Gasteiger partial charge is 0.481 e. The van der Waals surface area contributed by atoms with Crippen LogP contribution in [0, 0.1) is 12.7 Å². The lowest BCUT2D eigenvalue weighted by Gasteiger charge is -2.17. The van der Waals surface area contributed by atoms with Gasteiger partial charge < -0.3 is 15.6 Å². The summed E-state index contributed by atoms with van der Waals surface area (Å²) in [6.45, 7) is 3.22. The Morgan fingerprint density at radius 2 is 1.90 bits per heavy atom. The molecule has 3 aromatic rings. The lowest BCUT2D eigenvalue weighted by Crippen LogP contribution is -2.06. The number of benzene rings is 3. The SMILES string of the molecule is CCS(=O)(=O)c1ccc(Oc2c(C)c(CC(=O)O)cc3ccc(F)cc23)c(N)c1. The molecule has 0 radical (unpaired) electrons. The van der Waals surface area contributed by atoms with Crippen LogP contribution in [0.2, 0.25) is 0 Å². The average Bonchev–Trinajstić information content (AvgIpc) is 2.66. The number of carboxylic acid groups (broad SMARTS) is 1. The smallest absolute Gasteiger partial charge is 0.307 e. The van der Waals surface area contributed by atoms with Gasteiger partial charge in [0.1, 0.15) is 17.3 Å². The molecule has 0 spiro atoms. The number of fused-ring (bicyclic) bond motifs is 1. The highest BCUT2D eigenvalue weighted by Gasteiger charge is 2.18. The van der Waals surface area contributed by atoms with Crippen LogP contribution in [0.3, 0.4) is 0 Å². The average molecular weight is 417 g/mol. The Labute approximate surface area is 167 Å². The maximum Gasteiger partial charge on any atom is 0.307 e. The van der Waals surface area contributed by atoms with E-state index in [1.54, 1.807) is 19.1 Å². The molecule has 152 valence electrons. The lowest BCUT2D eigenvalue weighted by molar-refractivity contribution is -0.136. The summed E-state index contributed by atoms with van der Waals surface area (Å²) in [5.41, 5.74) is 7.17. The maximum absolute atomic E-state index is 13.9. The molecule has 3 rings (SSSR count). The monoisotopic (exact) mass is 417 g/mol. The Morgan fingerprint density at radius 1 is 1.17 bits per heavy atom. The van der Waals surface area contributed by atoms with Crippen LogP contribution in [0.25, 0.3) is 10.8 Å². The van der Waals surface area contributed by atoms with Gasteiger partial charge in [-0.25, -0.2) is 12.8 Å². The van der Waals surface area contributed by atoms with Crippen LogP contribution < -0.4 is 10.5 Å². The number of carbonyl (C=O) groups is 1. The molecule has 0 saturated heterocycles. The van der Waals surface area contributed by atoms with E-state index in [1.165, 1.54) is 37.3 Å². The molecule has 0 unspecified atom stereocenters. The zero-order valence-electron chi connectivity index (χ0n) is 15.9. The van der Waals surface area contributed by atoms with Gasteiger partial charge in [-0.15, -0.1) is 0 Å². The summed E-state index contributed by atoms with van der Waals surface area (Å²) in [5, 5.41) is 10.3. The molecule has 29 heavy (non-hydrogen) atoms. The van der Waals surface area contributed by atoms with Crippen molar-refractivity contribution in [2.75, 3.05) is 11.5 Å². The van der Waals surface area contributed by atoms with Gasteiger partial charge in [-0.2, -0.15) is 0 Å². The van der Waals surface area contributed by atoms with Gasteiger partial charge in [0, 0.05) is 5.39 Å². The number of hydrogen-bond donors (Lipinski definition) is 2. The summed E-state index contributed by atoms with van der Waals surface area (Å²) >= 11 is 0. The summed E-state index contributed by atoms with van der Waals surface area (Å²) in [5.74, 6) is -1.07. The first kappa shape index (κ1) is 20.6. The first-order valence-corrected chi connectivity index (χ1v) is 10.5. The molecule has 6 nitrogen and oxygen atoms in total. The van der Waals surface area contributed by atoms with Crippen LogP contribution >= 0.6 is 0 Å². The number of ether oxygens (including phenoxy) is 1. The van der Waals surface area contributed by atoms with Crippen LogP contribution in [-0.4, -0.2) is 25.2 Å². The first-order chi connectivity index (χ1) is 13.6. The molecule has 0 amide bonds. The van der Waals surface area contributed by atoms with Gasteiger partial charge >= 0.3 is 5.97 Å². The fourth-order valence-electron chi connectivity index (χ4n) is 3.06. The van der Waals surface area contributed by atoms with E-state index in [0.717, 1.165) is 0 Å². The van der Waals surface area contributed by atoms with Crippen molar-refractivity contribution in [3.8, 4) is 11.5 Å². The molecular formula is C21H20FNO5S. The molecule has 0 heterocycles. The van der Waals surface area contributed by atoms with Crippen molar-refractivity contribution in [2.24, 2.45) is 0 Å². The second-order valence-corrected chi connectivity index (χ2v) is 8.91. The quantitative estimate of drug-likeness (QED) is 0.585. The highest BCUT2D eigenvalue weighted by atomic mass is 32.2. The van der Waals surface area contributed by atoms with E-state index < -0.39 is 21.6 Å². The van der Waals surface area contributed by atoms with Crippen molar-refractivity contribution in [2.45, 2.75) is 25.2 Å². The zero-order valence-corrected chi connectivity index (χ0v) is 16.7. The second kappa shape index (κ2) is 7.71. The Balaban J connectivity index is 2.15. The topological polar surface area (TPSA) is 107 Å². The minimum absolute atomic E-state index is 0.0626. The molecule has 3 aromatic carbocycles. The van der Waals surface area contributed by atoms with Crippen LogP contribution in [0.1, 0.15) is 18.1 Å². The van der Waals surface area contributed by atoms with Crippen molar-refractivity contribution in [3.05, 3.63) is 59.4 Å². The summed E-state index contributed by atoms with van der Waals surface area (Å²) in [4.78, 5) is 11.3. The van der Waals surface area contributed by atoms with E-state index in [2.05, 4.69) is 0 Å². The number of halogens is 1. The zero-order chi connectivity index (χ0) is 21.3. The van der Waals surface area contributed by atoms with Gasteiger partial charge in [-0.3, -0.25) is 4.79 Å². The molecule has 0 aliphatic carbocycles. The van der Waals surface area contributed by atoms with Crippen LogP contribution in [0.4, 0.5) is 10.1 Å². The third-order valence-corrected chi connectivity index (χ3v) is 6.42. The lowest BCUT2D eigenvalue weighted by atomic mass is 9.98. The van der Waals surface area contributed by atoms with Crippen LogP contribution in [-0.2, 0) is 21.1 Å². The molecular weight excluding hydrogens is 397 g/mol. The normalized spacial score (nSPS) is 11.6. The highest BCUT2D eigenvalue weighted by molar-refractivity contribution is 7.91. The standard InChI is InChI=1S/C21H20FNO5S/c1-3-29(26,27)16-6-7-19(18(23)11-16)28-21-12(2)14(9-20(24)25)8-13-4-5-15(22)10-17(13)21/h4-8,10-11H,3,9,23H2,1-2H3,(H,24,25). The third-order valence-electron chi connectivity index (χ3n) is 4.69. The molecule has 0 aliphatic rings. The van der Waals surface area contributed by atoms with Gasteiger partial charge in [0.2, 0.25) is 0 Å². The number of rotatable bonds is 6. The number of anilines is 1. The number of nitrogens with two attached hydrogens (primary N) is 1. The van der Waals surface area contributed by atoms with Crippen molar-refractivity contribution < 1.29 is 27.4 Å². The van der Waals surface area contributed by atoms with Gasteiger partial charge in [0.25, 0.3) is 0 Å². The molecule has 0 bridgehead atoms. The van der Waals surface area contributed by atoms with Crippen LogP contribution in [0.5, 0.6) is 11.5 Å². The van der Waals surface area contributed by atoms with E-state index in [4.69, 9.17) is 10.5 Å². The molecule has 8 heteroatoms. The van der Waals surface area contributed by atoms with Crippen molar-refractivity contribution in [1.29, 1.82) is 0 Å². The van der Waals surface area contributed by atoms with Gasteiger partial charge in [0.05, 0.1) is 22.8 Å². The minimum Gasteiger partial charge on any atom is -0.481 e. The fraction of sp³-hybridized carbons (Fsp3) is 0.190. The van der Waals surface area contributed by atoms with Gasteiger partial charge in [0.15, 0.2) is 9.84 Å². The number of sulfone groups is 1. The van der Waals surface area contributed by atoms with E-state index in [-0.39, 0.29) is 34.3 Å². The number of aliphatic carboxylic acids is 1. The third kappa shape index (κ3) is 4.17. The van der Waals surface area contributed by atoms with Crippen molar-refractivity contribution in [3.63, 3.8) is 0 Å². The fourth-order valence-corrected chi connectivity index (χ4v) is 3.98. The molecule has 3 N–H and O–H groups in total. The van der Waals surface area contributed by atoms with Crippen LogP contribution in [0.15, 0.2) is 47.4 Å². The molecule has 0 atom stereocenters. The van der Waals surface area contributed by atoms with Crippen molar-refractivity contribution >= 4 is 32.3 Å². The van der Waals surface area contributed by atoms with Gasteiger partial charge in [-0.1, -0.05) is 19.1 Å². The Morgan fingerprint density at radius 3 is 2.52 bits per heavy atom. The summed E-state index contributed by atoms with van der Waals surface area (Å²) < 4.78 is 43.9. The highest BCUT2D eigenvalue weighted by Crippen LogP contribution is 2.38. The maximum atomic E-state index is 13.9. The number of hydrogen-bond acceptors (Lipinski definition) is 5. The first-order valence-electron chi connectivity index (χ1n) is 8.86. The van der Waals surface area contributed by atoms with Gasteiger partial charge in [-0.05, 0) is 53.8 Å². The summed E-state index contributed by atoms with van der Waals surface area (Å²) in [6.07, 6.45) is -0.224. The second-order valence-electron chi connectivity index (χ2n) is 6.63. The van der Waals surface area contributed by atoms with Crippen molar-refractivity contribution in [1.82, 2.24) is 0 Å². The predicted octanol–water partition coefficient (Wildman–Crippen LogP) is 4.08. The molecule has 0 fully saturated rings. The Hall–Kier alpha value is -3.13. The number of carboxylic acids is 1. The minimum atomic E-state index is -3.43. The van der Waals surface area contributed by atoms with E-state index in [1.807, 2.05) is 0 Å². The Bertz CT molecular complexity index is 1220. The molecule has 0 aliphatic heterocycles. The summed E-state index contributed by atoms with van der Waals surface area (Å²) in [6, 6.07) is 9.95. The van der Waals surface area contributed by atoms with E-state index in [0.29, 0.717) is 21.9 Å². The van der Waals surface area contributed by atoms with E-state index in [9.17, 15) is 22.7 Å². The molecule has 0 saturated carbocycles. The predicted molar refractivity (Wildman–Crippen MR) is 109 cm³/mol. The van der Waals surface area contributed by atoms with E-state index >= 15 is 0 Å². The summed E-state index contributed by atoms with van der Waals surface area (Å²) in [7, 11) is -3.43. The number of nitrogen functional groups attached to an aromatic ring is 1. The molecule has 0 aromatic heterocycles. The Kier molecular flexibility index (Phi) is 5.48.